The van der Waals surface area contributed by atoms with Crippen molar-refractivity contribution in [1.82, 2.24) is 9.62 Å². The van der Waals surface area contributed by atoms with E-state index in [1.54, 1.807) is 6.07 Å². The third-order valence-electron chi connectivity index (χ3n) is 4.08. The second-order valence-electron chi connectivity index (χ2n) is 6.01. The number of hydrogen-bond donors (Lipinski definition) is 1. The highest BCUT2D eigenvalue weighted by Gasteiger charge is 2.25. The number of hydrogen-bond acceptors (Lipinski definition) is 3. The first-order valence-corrected chi connectivity index (χ1v) is 9.22. The lowest BCUT2D eigenvalue weighted by Crippen LogP contribution is -2.44. The van der Waals surface area contributed by atoms with Gasteiger partial charge in [0, 0.05) is 6.04 Å². The van der Waals surface area contributed by atoms with E-state index in [1.165, 1.54) is 0 Å². The Morgan fingerprint density at radius 1 is 1.23 bits per heavy atom. The summed E-state index contributed by atoms with van der Waals surface area (Å²) in [6.45, 7) is 9.01. The maximum absolute atomic E-state index is 12.6. The molecular formula is C16H27ClN2O2S. The summed E-state index contributed by atoms with van der Waals surface area (Å²) >= 11 is 0. The van der Waals surface area contributed by atoms with E-state index in [1.807, 2.05) is 26.0 Å². The topological polar surface area (TPSA) is 49.4 Å². The number of rotatable bonds is 5. The molecule has 22 heavy (non-hydrogen) atoms. The van der Waals surface area contributed by atoms with Gasteiger partial charge in [-0.3, -0.25) is 0 Å². The van der Waals surface area contributed by atoms with Gasteiger partial charge in [-0.25, -0.2) is 13.1 Å². The molecule has 1 N–H and O–H groups in total. The van der Waals surface area contributed by atoms with Gasteiger partial charge >= 0.3 is 0 Å². The molecule has 0 radical (unpaired) electrons. The summed E-state index contributed by atoms with van der Waals surface area (Å²) in [7, 11) is -3.41. The summed E-state index contributed by atoms with van der Waals surface area (Å²) in [6.07, 6.45) is 2.94. The van der Waals surface area contributed by atoms with Gasteiger partial charge in [-0.05, 0) is 69.9 Å². The van der Waals surface area contributed by atoms with Gasteiger partial charge in [0.2, 0.25) is 10.0 Å². The van der Waals surface area contributed by atoms with Gasteiger partial charge < -0.3 is 4.90 Å². The van der Waals surface area contributed by atoms with Crippen molar-refractivity contribution in [2.24, 2.45) is 0 Å². The number of piperidine rings is 1. The maximum Gasteiger partial charge on any atom is 0.241 e. The molecule has 0 bridgehead atoms. The van der Waals surface area contributed by atoms with Crippen LogP contribution in [-0.2, 0) is 10.0 Å². The highest BCUT2D eigenvalue weighted by Crippen LogP contribution is 2.19. The highest BCUT2D eigenvalue weighted by atomic mass is 35.5. The second-order valence-corrected chi connectivity index (χ2v) is 7.69. The van der Waals surface area contributed by atoms with Crippen LogP contribution in [0.2, 0.25) is 0 Å². The van der Waals surface area contributed by atoms with Gasteiger partial charge in [-0.15, -0.1) is 12.4 Å². The SMILES string of the molecule is CCCN1CCC(NS(=O)(=O)c2cc(C)ccc2C)CC1.Cl. The minimum atomic E-state index is -3.41. The van der Waals surface area contributed by atoms with Crippen LogP contribution in [0.1, 0.15) is 37.3 Å². The fraction of sp³-hybridized carbons (Fsp3) is 0.625. The van der Waals surface area contributed by atoms with Gasteiger partial charge in [0.15, 0.2) is 0 Å². The first-order chi connectivity index (χ1) is 9.92. The molecule has 1 saturated heterocycles. The molecule has 0 amide bonds. The van der Waals surface area contributed by atoms with E-state index < -0.39 is 10.0 Å². The van der Waals surface area contributed by atoms with E-state index in [0.29, 0.717) is 4.90 Å². The van der Waals surface area contributed by atoms with E-state index in [9.17, 15) is 8.42 Å². The van der Waals surface area contributed by atoms with Crippen LogP contribution in [0.15, 0.2) is 23.1 Å². The van der Waals surface area contributed by atoms with Crippen LogP contribution in [0.5, 0.6) is 0 Å². The van der Waals surface area contributed by atoms with E-state index in [2.05, 4.69) is 16.5 Å². The van der Waals surface area contributed by atoms with Gasteiger partial charge in [-0.2, -0.15) is 0 Å². The zero-order valence-electron chi connectivity index (χ0n) is 13.6. The molecule has 0 atom stereocenters. The van der Waals surface area contributed by atoms with Gasteiger partial charge in [-0.1, -0.05) is 19.1 Å². The highest BCUT2D eigenvalue weighted by molar-refractivity contribution is 7.89. The predicted molar refractivity (Wildman–Crippen MR) is 93.2 cm³/mol. The average molecular weight is 347 g/mol. The Balaban J connectivity index is 0.00000242. The summed E-state index contributed by atoms with van der Waals surface area (Å²) in [6, 6.07) is 5.62. The standard InChI is InChI=1S/C16H26N2O2S.ClH/c1-4-9-18-10-7-15(8-11-18)17-21(19,20)16-12-13(2)5-6-14(16)3;/h5-6,12,15,17H,4,7-11H2,1-3H3;1H. The monoisotopic (exact) mass is 346 g/mol. The van der Waals surface area contributed by atoms with Crippen molar-refractivity contribution in [3.8, 4) is 0 Å². The van der Waals surface area contributed by atoms with Crippen LogP contribution in [0.4, 0.5) is 0 Å². The third kappa shape index (κ3) is 4.95. The van der Waals surface area contributed by atoms with E-state index in [0.717, 1.165) is 50.0 Å². The zero-order chi connectivity index (χ0) is 15.5. The molecular weight excluding hydrogens is 320 g/mol. The van der Waals surface area contributed by atoms with Crippen molar-refractivity contribution in [1.29, 1.82) is 0 Å². The second kappa shape index (κ2) is 8.29. The molecule has 6 heteroatoms. The van der Waals surface area contributed by atoms with Gasteiger partial charge in [0.1, 0.15) is 0 Å². The minimum absolute atomic E-state index is 0. The van der Waals surface area contributed by atoms with Crippen LogP contribution >= 0.6 is 12.4 Å². The number of likely N-dealkylation sites (tertiary alicyclic amines) is 1. The molecule has 1 fully saturated rings. The van der Waals surface area contributed by atoms with E-state index in [-0.39, 0.29) is 18.4 Å². The Morgan fingerprint density at radius 2 is 1.86 bits per heavy atom. The number of halogens is 1. The lowest BCUT2D eigenvalue weighted by molar-refractivity contribution is 0.208. The molecule has 0 aromatic heterocycles. The zero-order valence-corrected chi connectivity index (χ0v) is 15.3. The summed E-state index contributed by atoms with van der Waals surface area (Å²) in [4.78, 5) is 2.82. The first-order valence-electron chi connectivity index (χ1n) is 7.74. The third-order valence-corrected chi connectivity index (χ3v) is 5.74. The van der Waals surface area contributed by atoms with E-state index in [4.69, 9.17) is 0 Å². The molecule has 1 aliphatic heterocycles. The van der Waals surface area contributed by atoms with Crippen molar-refractivity contribution in [3.63, 3.8) is 0 Å². The molecule has 1 heterocycles. The lowest BCUT2D eigenvalue weighted by Gasteiger charge is -2.32. The molecule has 0 unspecified atom stereocenters. The number of nitrogens with one attached hydrogen (secondary N) is 1. The van der Waals surface area contributed by atoms with Crippen molar-refractivity contribution in [3.05, 3.63) is 29.3 Å². The molecule has 0 spiro atoms. The Hall–Kier alpha value is -0.620. The smallest absolute Gasteiger partial charge is 0.241 e. The molecule has 1 aromatic carbocycles. The minimum Gasteiger partial charge on any atom is -0.303 e. The average Bonchev–Trinajstić information content (AvgIpc) is 2.43. The van der Waals surface area contributed by atoms with Crippen LogP contribution in [-0.4, -0.2) is 39.0 Å². The van der Waals surface area contributed by atoms with Crippen molar-refractivity contribution in [2.75, 3.05) is 19.6 Å². The Labute approximate surface area is 140 Å². The van der Waals surface area contributed by atoms with Gasteiger partial charge in [0.05, 0.1) is 4.90 Å². The number of aryl methyl sites for hydroxylation is 2. The van der Waals surface area contributed by atoms with Crippen molar-refractivity contribution in [2.45, 2.75) is 51.0 Å². The molecule has 4 nitrogen and oxygen atoms in total. The number of nitrogens with zero attached hydrogens (tertiary/aromatic N) is 1. The summed E-state index contributed by atoms with van der Waals surface area (Å²) < 4.78 is 28.0. The molecule has 2 rings (SSSR count). The number of sulfonamides is 1. The lowest BCUT2D eigenvalue weighted by atomic mass is 10.1. The van der Waals surface area contributed by atoms with Gasteiger partial charge in [0.25, 0.3) is 0 Å². The van der Waals surface area contributed by atoms with Crippen molar-refractivity contribution < 1.29 is 8.42 Å². The predicted octanol–water partition coefficient (Wildman–Crippen LogP) is 2.88. The largest absolute Gasteiger partial charge is 0.303 e. The fourth-order valence-corrected chi connectivity index (χ4v) is 4.50. The van der Waals surface area contributed by atoms with E-state index >= 15 is 0 Å². The molecule has 126 valence electrons. The maximum atomic E-state index is 12.6. The molecule has 1 aliphatic rings. The Kier molecular flexibility index (Phi) is 7.32. The normalized spacial score (nSPS) is 17.2. The number of benzene rings is 1. The first kappa shape index (κ1) is 19.4. The van der Waals surface area contributed by atoms with Crippen LogP contribution < -0.4 is 4.72 Å². The summed E-state index contributed by atoms with van der Waals surface area (Å²) in [5.74, 6) is 0. The van der Waals surface area contributed by atoms with Crippen LogP contribution in [0.3, 0.4) is 0 Å². The Morgan fingerprint density at radius 3 is 2.45 bits per heavy atom. The summed E-state index contributed by atoms with van der Waals surface area (Å²) in [5, 5.41) is 0. The Bertz CT molecular complexity index is 582. The van der Waals surface area contributed by atoms with Crippen molar-refractivity contribution >= 4 is 22.4 Å². The van der Waals surface area contributed by atoms with Crippen LogP contribution in [0, 0.1) is 13.8 Å². The molecule has 0 saturated carbocycles. The molecule has 0 aliphatic carbocycles. The fourth-order valence-electron chi connectivity index (χ4n) is 2.87. The quantitative estimate of drug-likeness (QED) is 0.891. The van der Waals surface area contributed by atoms with Crippen LogP contribution in [0.25, 0.3) is 0 Å². The molecule has 1 aromatic rings. The summed E-state index contributed by atoms with van der Waals surface area (Å²) in [5.41, 5.74) is 1.77.